The van der Waals surface area contributed by atoms with Crippen LogP contribution in [0.5, 0.6) is 0 Å². The fourth-order valence-electron chi connectivity index (χ4n) is 2.77. The zero-order valence-electron chi connectivity index (χ0n) is 15.5. The van der Waals surface area contributed by atoms with Gasteiger partial charge in [-0.2, -0.15) is 0 Å². The van der Waals surface area contributed by atoms with E-state index in [1.54, 1.807) is 66.7 Å². The van der Waals surface area contributed by atoms with Gasteiger partial charge in [-0.15, -0.1) is 11.8 Å². The summed E-state index contributed by atoms with van der Waals surface area (Å²) in [6.45, 7) is 0. The fourth-order valence-corrected chi connectivity index (χ4v) is 5.00. The quantitative estimate of drug-likeness (QED) is 0.529. The molecule has 3 rings (SSSR count). The number of carbonyl (C=O) groups excluding carboxylic acids is 1. The molecule has 0 bridgehead atoms. The number of rotatable bonds is 8. The predicted molar refractivity (Wildman–Crippen MR) is 115 cm³/mol. The zero-order valence-corrected chi connectivity index (χ0v) is 17.2. The smallest absolute Gasteiger partial charge is 0.234 e. The highest BCUT2D eigenvalue weighted by atomic mass is 32.2. The third kappa shape index (κ3) is 6.73. The lowest BCUT2D eigenvalue weighted by molar-refractivity contribution is -0.113. The van der Waals surface area contributed by atoms with Gasteiger partial charge in [0.05, 0.1) is 17.3 Å². The van der Waals surface area contributed by atoms with Crippen molar-refractivity contribution in [2.75, 3.05) is 11.1 Å². The van der Waals surface area contributed by atoms with Crippen LogP contribution >= 0.6 is 11.8 Å². The molecule has 7 heteroatoms. The minimum Gasteiger partial charge on any atom is -0.325 e. The Kier molecular flexibility index (Phi) is 7.06. The molecule has 1 N–H and O–H groups in total. The Balaban J connectivity index is 1.59. The highest BCUT2D eigenvalue weighted by Crippen LogP contribution is 2.22. The van der Waals surface area contributed by atoms with Crippen molar-refractivity contribution in [1.29, 1.82) is 0 Å². The second-order valence-electron chi connectivity index (χ2n) is 6.49. The van der Waals surface area contributed by atoms with E-state index in [1.165, 1.54) is 6.07 Å². The molecule has 0 saturated heterocycles. The summed E-state index contributed by atoms with van der Waals surface area (Å²) in [4.78, 5) is 12.6. The average molecular weight is 430 g/mol. The van der Waals surface area contributed by atoms with Crippen molar-refractivity contribution >= 4 is 33.2 Å². The fraction of sp³-hybridized carbons (Fsp3) is 0.136. The second kappa shape index (κ2) is 9.71. The molecule has 0 aliphatic rings. The first-order chi connectivity index (χ1) is 13.9. The largest absolute Gasteiger partial charge is 0.325 e. The van der Waals surface area contributed by atoms with Crippen molar-refractivity contribution in [2.24, 2.45) is 0 Å². The number of benzene rings is 3. The Labute approximate surface area is 174 Å². The highest BCUT2D eigenvalue weighted by Gasteiger charge is 2.14. The summed E-state index contributed by atoms with van der Waals surface area (Å²) in [5.41, 5.74) is 1.85. The molecular formula is C22H20FNO3S2. The van der Waals surface area contributed by atoms with Crippen LogP contribution in [-0.2, 0) is 26.1 Å². The molecule has 0 unspecified atom stereocenters. The van der Waals surface area contributed by atoms with Crippen LogP contribution in [0.4, 0.5) is 10.1 Å². The molecule has 0 saturated carbocycles. The maximum absolute atomic E-state index is 13.6. The molecular weight excluding hydrogens is 409 g/mol. The van der Waals surface area contributed by atoms with Gasteiger partial charge in [-0.3, -0.25) is 4.79 Å². The van der Waals surface area contributed by atoms with Gasteiger partial charge in [0.2, 0.25) is 5.91 Å². The number of hydrogen-bond donors (Lipinski definition) is 1. The monoisotopic (exact) mass is 429 g/mol. The first kappa shape index (κ1) is 21.1. The summed E-state index contributed by atoms with van der Waals surface area (Å²) >= 11 is 1.11. The van der Waals surface area contributed by atoms with Gasteiger partial charge in [0.25, 0.3) is 0 Å². The lowest BCUT2D eigenvalue weighted by atomic mass is 10.2. The minimum atomic E-state index is -3.34. The molecule has 3 aromatic carbocycles. The van der Waals surface area contributed by atoms with E-state index >= 15 is 0 Å². The summed E-state index contributed by atoms with van der Waals surface area (Å²) in [6, 6.07) is 22.0. The first-order valence-electron chi connectivity index (χ1n) is 8.92. The maximum Gasteiger partial charge on any atom is 0.234 e. The Morgan fingerprint density at radius 3 is 2.28 bits per heavy atom. The average Bonchev–Trinajstić information content (AvgIpc) is 2.67. The van der Waals surface area contributed by atoms with E-state index in [9.17, 15) is 17.6 Å². The van der Waals surface area contributed by atoms with Gasteiger partial charge >= 0.3 is 0 Å². The number of carbonyl (C=O) groups is 1. The number of amides is 1. The van der Waals surface area contributed by atoms with Crippen LogP contribution in [-0.4, -0.2) is 20.1 Å². The number of nitrogens with one attached hydrogen (secondary N) is 1. The van der Waals surface area contributed by atoms with E-state index in [0.717, 1.165) is 17.3 Å². The summed E-state index contributed by atoms with van der Waals surface area (Å²) in [5, 5.41) is 2.73. The molecule has 0 aliphatic carbocycles. The standard InChI is InChI=1S/C22H20FNO3S2/c23-20-11-4-5-12-21(20)28-14-22(25)24-19-10-6-9-18(13-19)16-29(26,27)15-17-7-2-1-3-8-17/h1-13H,14-16H2,(H,24,25). The summed E-state index contributed by atoms with van der Waals surface area (Å²) in [5.74, 6) is -0.755. The topological polar surface area (TPSA) is 63.2 Å². The molecule has 0 radical (unpaired) electrons. The van der Waals surface area contributed by atoms with Crippen LogP contribution in [0.3, 0.4) is 0 Å². The number of hydrogen-bond acceptors (Lipinski definition) is 4. The third-order valence-electron chi connectivity index (χ3n) is 4.02. The molecule has 0 fully saturated rings. The zero-order chi connectivity index (χ0) is 20.7. The van der Waals surface area contributed by atoms with E-state index in [-0.39, 0.29) is 29.0 Å². The van der Waals surface area contributed by atoms with Crippen LogP contribution in [0.25, 0.3) is 0 Å². The van der Waals surface area contributed by atoms with Gasteiger partial charge in [0.15, 0.2) is 9.84 Å². The Morgan fingerprint density at radius 2 is 1.52 bits per heavy atom. The van der Waals surface area contributed by atoms with Crippen LogP contribution in [0, 0.1) is 5.82 Å². The number of sulfone groups is 1. The molecule has 29 heavy (non-hydrogen) atoms. The molecule has 4 nitrogen and oxygen atoms in total. The van der Waals surface area contributed by atoms with E-state index < -0.39 is 9.84 Å². The SMILES string of the molecule is O=C(CSc1ccccc1F)Nc1cccc(CS(=O)(=O)Cc2ccccc2)c1. The second-order valence-corrected chi connectivity index (χ2v) is 9.57. The van der Waals surface area contributed by atoms with Crippen molar-refractivity contribution in [3.8, 4) is 0 Å². The van der Waals surface area contributed by atoms with Crippen LogP contribution in [0.1, 0.15) is 11.1 Å². The summed E-state index contributed by atoms with van der Waals surface area (Å²) in [6.07, 6.45) is 0. The van der Waals surface area contributed by atoms with Crippen molar-refractivity contribution in [2.45, 2.75) is 16.4 Å². The molecule has 0 heterocycles. The van der Waals surface area contributed by atoms with Gasteiger partial charge in [0, 0.05) is 10.6 Å². The lowest BCUT2D eigenvalue weighted by Gasteiger charge is -2.09. The molecule has 0 aliphatic heterocycles. The molecule has 0 atom stereocenters. The number of halogens is 1. The Morgan fingerprint density at radius 1 is 0.862 bits per heavy atom. The minimum absolute atomic E-state index is 0.0380. The normalized spacial score (nSPS) is 11.2. The lowest BCUT2D eigenvalue weighted by Crippen LogP contribution is -2.14. The van der Waals surface area contributed by atoms with Crippen LogP contribution in [0.2, 0.25) is 0 Å². The Hall–Kier alpha value is -2.64. The molecule has 1 amide bonds. The van der Waals surface area contributed by atoms with Gasteiger partial charge in [-0.05, 0) is 35.4 Å². The molecule has 0 aromatic heterocycles. The van der Waals surface area contributed by atoms with Crippen LogP contribution in [0.15, 0.2) is 83.8 Å². The number of thioether (sulfide) groups is 1. The van der Waals surface area contributed by atoms with Gasteiger partial charge in [-0.1, -0.05) is 54.6 Å². The molecule has 0 spiro atoms. The molecule has 3 aromatic rings. The van der Waals surface area contributed by atoms with Crippen molar-refractivity contribution < 1.29 is 17.6 Å². The van der Waals surface area contributed by atoms with E-state index in [0.29, 0.717) is 16.1 Å². The van der Waals surface area contributed by atoms with Crippen molar-refractivity contribution in [3.05, 3.63) is 95.8 Å². The van der Waals surface area contributed by atoms with Crippen molar-refractivity contribution in [3.63, 3.8) is 0 Å². The summed E-state index contributed by atoms with van der Waals surface area (Å²) in [7, 11) is -3.34. The predicted octanol–water partition coefficient (Wildman–Crippen LogP) is 4.67. The van der Waals surface area contributed by atoms with Gasteiger partial charge in [0.1, 0.15) is 5.82 Å². The molecule has 150 valence electrons. The number of anilines is 1. The first-order valence-corrected chi connectivity index (χ1v) is 11.7. The summed E-state index contributed by atoms with van der Waals surface area (Å²) < 4.78 is 38.6. The maximum atomic E-state index is 13.6. The van der Waals surface area contributed by atoms with E-state index in [4.69, 9.17) is 0 Å². The highest BCUT2D eigenvalue weighted by molar-refractivity contribution is 8.00. The van der Waals surface area contributed by atoms with Crippen molar-refractivity contribution in [1.82, 2.24) is 0 Å². The third-order valence-corrected chi connectivity index (χ3v) is 6.62. The van der Waals surface area contributed by atoms with Gasteiger partial charge in [-0.25, -0.2) is 12.8 Å². The van der Waals surface area contributed by atoms with E-state index in [1.807, 2.05) is 6.07 Å². The Bertz CT molecular complexity index is 1090. The van der Waals surface area contributed by atoms with Crippen LogP contribution < -0.4 is 5.32 Å². The van der Waals surface area contributed by atoms with Gasteiger partial charge < -0.3 is 5.32 Å². The van der Waals surface area contributed by atoms with E-state index in [2.05, 4.69) is 5.32 Å².